The summed E-state index contributed by atoms with van der Waals surface area (Å²) in [7, 11) is 0. The number of hydrazone groups is 1. The van der Waals surface area contributed by atoms with Gasteiger partial charge in [-0.3, -0.25) is 9.59 Å². The molecule has 160 valence electrons. The third-order valence-electron chi connectivity index (χ3n) is 4.11. The quantitative estimate of drug-likeness (QED) is 0.235. The Morgan fingerprint density at radius 3 is 3.00 bits per heavy atom. The molecule has 3 aromatic rings. The van der Waals surface area contributed by atoms with Gasteiger partial charge in [0.1, 0.15) is 32.9 Å². The van der Waals surface area contributed by atoms with Gasteiger partial charge in [-0.2, -0.15) is 3.15 Å². The molecule has 0 saturated carbocycles. The van der Waals surface area contributed by atoms with Gasteiger partial charge in [-0.25, -0.2) is 13.0 Å². The molecular weight excluding hydrogens is 538 g/mol. The number of amidine groups is 1. The van der Waals surface area contributed by atoms with Crippen molar-refractivity contribution in [1.82, 2.24) is 18.9 Å². The van der Waals surface area contributed by atoms with E-state index in [0.29, 0.717) is 12.4 Å². The average Bonchev–Trinajstić information content (AvgIpc) is 3.29. The molecule has 31 heavy (non-hydrogen) atoms. The molecule has 4 rings (SSSR count). The van der Waals surface area contributed by atoms with E-state index >= 15 is 0 Å². The number of nitrogens with one attached hydrogen (secondary N) is 3. The van der Waals surface area contributed by atoms with E-state index in [4.69, 9.17) is 4.74 Å². The summed E-state index contributed by atoms with van der Waals surface area (Å²) in [6.45, 7) is 0.719. The number of rotatable bonds is 7. The number of hydrogen-bond donors (Lipinski definition) is 3. The number of ether oxygens (including phenoxy) is 1. The molecule has 9 nitrogen and oxygen atoms in total. The van der Waals surface area contributed by atoms with Crippen molar-refractivity contribution in [2.24, 2.45) is 8.25 Å². The van der Waals surface area contributed by atoms with Gasteiger partial charge in [0.2, 0.25) is 5.17 Å². The topological polar surface area (TPSA) is 121 Å². The first-order valence-electron chi connectivity index (χ1n) is 9.08. The molecule has 3 N–H and O–H groups in total. The highest BCUT2D eigenvalue weighted by Crippen LogP contribution is 2.17. The van der Waals surface area contributed by atoms with E-state index < -0.39 is 17.3 Å². The van der Waals surface area contributed by atoms with Crippen LogP contribution in [0, 0.1) is 5.82 Å². The largest absolute Gasteiger partial charge is 0.493 e. The molecule has 0 unspecified atom stereocenters. The summed E-state index contributed by atoms with van der Waals surface area (Å²) in [4.78, 5) is 31.0. The van der Waals surface area contributed by atoms with Crippen molar-refractivity contribution in [1.29, 1.82) is 0 Å². The molecule has 0 aliphatic carbocycles. The fraction of sp³-hybridized carbons (Fsp3) is 0.158. The summed E-state index contributed by atoms with van der Waals surface area (Å²) in [6, 6.07) is 11.0. The smallest absolute Gasteiger partial charge is 0.287 e. The van der Waals surface area contributed by atoms with E-state index in [1.807, 2.05) is 24.3 Å². The van der Waals surface area contributed by atoms with Crippen molar-refractivity contribution >= 4 is 55.0 Å². The fourth-order valence-electron chi connectivity index (χ4n) is 2.71. The number of benzene rings is 2. The van der Waals surface area contributed by atoms with Gasteiger partial charge in [0.05, 0.1) is 17.5 Å². The van der Waals surface area contributed by atoms with Crippen LogP contribution in [0.1, 0.15) is 16.2 Å². The molecule has 2 heterocycles. The van der Waals surface area contributed by atoms with Crippen LogP contribution in [0.2, 0.25) is 0 Å². The summed E-state index contributed by atoms with van der Waals surface area (Å²) in [5.74, 6) is 0.189. The Balaban J connectivity index is 1.33. The number of aromatic nitrogens is 2. The zero-order chi connectivity index (χ0) is 21.6. The third kappa shape index (κ3) is 5.64. The molecule has 0 radical (unpaired) electrons. The Morgan fingerprint density at radius 2 is 2.16 bits per heavy atom. The maximum absolute atomic E-state index is 13.3. The number of hydrogen-bond acceptors (Lipinski definition) is 8. The van der Waals surface area contributed by atoms with E-state index in [1.54, 1.807) is 0 Å². The molecule has 12 heteroatoms. The van der Waals surface area contributed by atoms with Crippen LogP contribution in [0.15, 0.2) is 55.5 Å². The van der Waals surface area contributed by atoms with Gasteiger partial charge in [0, 0.05) is 12.3 Å². The number of aromatic amines is 1. The summed E-state index contributed by atoms with van der Waals surface area (Å²) >= 11 is 1.16. The van der Waals surface area contributed by atoms with Crippen LogP contribution in [0.4, 0.5) is 4.39 Å². The van der Waals surface area contributed by atoms with Crippen molar-refractivity contribution < 1.29 is 13.9 Å². The zero-order valence-corrected chi connectivity index (χ0v) is 18.9. The van der Waals surface area contributed by atoms with Gasteiger partial charge in [0.15, 0.2) is 5.82 Å². The highest BCUT2D eigenvalue weighted by molar-refractivity contribution is 14.1. The monoisotopic (exact) mass is 554 g/mol. The van der Waals surface area contributed by atoms with Crippen molar-refractivity contribution in [2.75, 3.05) is 12.4 Å². The fourth-order valence-corrected chi connectivity index (χ4v) is 4.79. The molecule has 1 aliphatic rings. The molecule has 0 saturated heterocycles. The average molecular weight is 554 g/mol. The molecular formula is C19H16FIN6O3S. The van der Waals surface area contributed by atoms with E-state index in [0.717, 1.165) is 22.6 Å². The number of H-pyrrole nitrogens is 1. The third-order valence-corrected chi connectivity index (χ3v) is 6.40. The second-order valence-corrected chi connectivity index (χ2v) is 8.76. The van der Waals surface area contributed by atoms with E-state index in [1.165, 1.54) is 23.9 Å². The molecule has 0 atom stereocenters. The maximum atomic E-state index is 13.3. The normalized spacial score (nSPS) is 12.7. The standard InChI is InChI=1S/C19H16FIN6O3S/c20-12-4-5-15-14(9-12)17(28)24-16(23-15)18(29)22-10-11-2-1-3-13(8-11)30-6-7-31-19-25-21-27-26-19/h1-5,8-9H,6-7,10H2,(H,22,29)(H,23,24,28)(H,25,26,27). The van der Waals surface area contributed by atoms with Crippen molar-refractivity contribution in [3.63, 3.8) is 0 Å². The number of amides is 1. The van der Waals surface area contributed by atoms with Crippen molar-refractivity contribution in [3.8, 4) is 5.75 Å². The van der Waals surface area contributed by atoms with E-state index in [2.05, 4.69) is 27.2 Å². The Bertz CT molecular complexity index is 1250. The van der Waals surface area contributed by atoms with Crippen molar-refractivity contribution in [3.05, 3.63) is 70.0 Å². The zero-order valence-electron chi connectivity index (χ0n) is 15.9. The van der Waals surface area contributed by atoms with Gasteiger partial charge in [0.25, 0.3) is 11.5 Å². The first kappa shape index (κ1) is 21.4. The number of halogens is 2. The predicted molar refractivity (Wildman–Crippen MR) is 125 cm³/mol. The number of carbonyl (C=O) groups excluding carboxylic acids is 1. The summed E-state index contributed by atoms with van der Waals surface area (Å²) in [6.07, 6.45) is 0. The van der Waals surface area contributed by atoms with Gasteiger partial charge >= 0.3 is 0 Å². The molecule has 1 aromatic heterocycles. The maximum Gasteiger partial charge on any atom is 0.287 e. The minimum absolute atomic E-state index is 0.0890. The molecule has 2 aromatic carbocycles. The number of fused-ring (bicyclic) bond motifs is 1. The van der Waals surface area contributed by atoms with Crippen LogP contribution in [0.3, 0.4) is 0 Å². The van der Waals surface area contributed by atoms with Crippen LogP contribution in [-0.2, 0) is 6.54 Å². The minimum Gasteiger partial charge on any atom is -0.493 e. The van der Waals surface area contributed by atoms with Crippen LogP contribution in [-0.4, -0.2) is 33.4 Å². The Labute approximate surface area is 190 Å². The van der Waals surface area contributed by atoms with E-state index in [9.17, 15) is 14.0 Å². The lowest BCUT2D eigenvalue weighted by Crippen LogP contribution is -2.27. The van der Waals surface area contributed by atoms with Gasteiger partial charge in [-0.05, 0) is 35.9 Å². The molecule has 0 fully saturated rings. The highest BCUT2D eigenvalue weighted by Gasteiger charge is 2.12. The highest BCUT2D eigenvalue weighted by atomic mass is 127. The van der Waals surface area contributed by atoms with Crippen LogP contribution in [0.25, 0.3) is 10.9 Å². The summed E-state index contributed by atoms with van der Waals surface area (Å²) in [5.41, 5.74) is 0.502. The van der Waals surface area contributed by atoms with Gasteiger partial charge in [-0.1, -0.05) is 23.9 Å². The second-order valence-electron chi connectivity index (χ2n) is 6.25. The Kier molecular flexibility index (Phi) is 6.86. The number of nitrogens with zero attached hydrogens (tertiary/aromatic N) is 3. The molecule has 1 amide bonds. The first-order valence-corrected chi connectivity index (χ1v) is 12.1. The lowest BCUT2D eigenvalue weighted by atomic mass is 10.2. The lowest BCUT2D eigenvalue weighted by molar-refractivity contribution is 0.0940. The van der Waals surface area contributed by atoms with Crippen LogP contribution < -0.4 is 19.3 Å². The number of thioether (sulfide) groups is 1. The first-order chi connectivity index (χ1) is 15.1. The van der Waals surface area contributed by atoms with Crippen LogP contribution >= 0.6 is 33.1 Å². The van der Waals surface area contributed by atoms with Gasteiger partial charge in [-0.15, -0.1) is 5.10 Å². The lowest BCUT2D eigenvalue weighted by Gasteiger charge is -2.09. The number of carbonyl (C=O) groups is 1. The van der Waals surface area contributed by atoms with Gasteiger partial charge < -0.3 is 15.0 Å². The van der Waals surface area contributed by atoms with Crippen molar-refractivity contribution in [2.45, 2.75) is 6.54 Å². The summed E-state index contributed by atoms with van der Waals surface area (Å²) in [5, 5.41) is 7.62. The Hall–Kier alpha value is -2.87. The Morgan fingerprint density at radius 1 is 1.26 bits per heavy atom. The second kappa shape index (κ2) is 9.96. The molecule has 0 bridgehead atoms. The SMILES string of the molecule is O=C(NCc1cccc(OCCSC2=NNI=N2)c1)c1nc2ccc(F)cc2c(=O)[nH]1. The minimum atomic E-state index is -0.572. The summed E-state index contributed by atoms with van der Waals surface area (Å²) < 4.78 is 26.2. The predicted octanol–water partition coefficient (Wildman–Crippen LogP) is 3.05. The molecule has 1 aliphatic heterocycles. The van der Waals surface area contributed by atoms with E-state index in [-0.39, 0.29) is 44.6 Å². The van der Waals surface area contributed by atoms with Crippen LogP contribution in [0.5, 0.6) is 5.75 Å². The molecule has 0 spiro atoms.